The van der Waals surface area contributed by atoms with Crippen LogP contribution >= 0.6 is 11.8 Å². The van der Waals surface area contributed by atoms with Crippen LogP contribution in [0, 0.1) is 0 Å². The molecular weight excluding hydrogens is 378 g/mol. The molecule has 0 radical (unpaired) electrons. The van der Waals surface area contributed by atoms with Gasteiger partial charge in [0.15, 0.2) is 0 Å². The summed E-state index contributed by atoms with van der Waals surface area (Å²) in [5, 5.41) is 12.7. The molecule has 150 valence electrons. The van der Waals surface area contributed by atoms with Gasteiger partial charge in [0.05, 0.1) is 25.5 Å². The minimum absolute atomic E-state index is 0.0923. The SMILES string of the molecule is CCOc1ccc(NC(=O)CSc2nc(=O)n(CCO)c3c2CCCC3)cc1. The van der Waals surface area contributed by atoms with Crippen LogP contribution in [0.5, 0.6) is 5.75 Å². The minimum atomic E-state index is -0.357. The normalized spacial score (nSPS) is 13.1. The number of aliphatic hydroxyl groups excluding tert-OH is 1. The van der Waals surface area contributed by atoms with E-state index in [1.54, 1.807) is 16.7 Å². The third-order valence-electron chi connectivity index (χ3n) is 4.56. The predicted octanol–water partition coefficient (Wildman–Crippen LogP) is 2.24. The molecule has 1 aromatic carbocycles. The van der Waals surface area contributed by atoms with Crippen molar-refractivity contribution in [2.24, 2.45) is 0 Å². The molecule has 0 spiro atoms. The third-order valence-corrected chi connectivity index (χ3v) is 5.58. The van der Waals surface area contributed by atoms with Crippen molar-refractivity contribution in [3.05, 3.63) is 46.0 Å². The zero-order chi connectivity index (χ0) is 19.9. The van der Waals surface area contributed by atoms with Crippen molar-refractivity contribution in [3.8, 4) is 5.75 Å². The Morgan fingerprint density at radius 1 is 1.29 bits per heavy atom. The van der Waals surface area contributed by atoms with E-state index in [-0.39, 0.29) is 30.5 Å². The second kappa shape index (κ2) is 9.75. The van der Waals surface area contributed by atoms with Crippen LogP contribution in [0.15, 0.2) is 34.1 Å². The van der Waals surface area contributed by atoms with Crippen molar-refractivity contribution in [3.63, 3.8) is 0 Å². The highest BCUT2D eigenvalue weighted by molar-refractivity contribution is 8.00. The van der Waals surface area contributed by atoms with Gasteiger partial charge in [-0.05, 0) is 56.9 Å². The Morgan fingerprint density at radius 3 is 2.75 bits per heavy atom. The first kappa shape index (κ1) is 20.4. The summed E-state index contributed by atoms with van der Waals surface area (Å²) in [6.45, 7) is 2.68. The molecule has 0 saturated carbocycles. The second-order valence-corrected chi connectivity index (χ2v) is 7.47. The van der Waals surface area contributed by atoms with E-state index >= 15 is 0 Å². The number of ether oxygens (including phenoxy) is 1. The first-order valence-electron chi connectivity index (χ1n) is 9.51. The molecule has 8 heteroatoms. The molecule has 1 aliphatic carbocycles. The largest absolute Gasteiger partial charge is 0.494 e. The quantitative estimate of drug-likeness (QED) is 0.519. The fraction of sp³-hybridized carbons (Fsp3) is 0.450. The van der Waals surface area contributed by atoms with Crippen LogP contribution in [0.25, 0.3) is 0 Å². The van der Waals surface area contributed by atoms with Crippen LogP contribution in [0.1, 0.15) is 31.0 Å². The predicted molar refractivity (Wildman–Crippen MR) is 109 cm³/mol. The van der Waals surface area contributed by atoms with Gasteiger partial charge in [0.1, 0.15) is 10.8 Å². The molecule has 0 fully saturated rings. The standard InChI is InChI=1S/C20H25N3O4S/c1-2-27-15-9-7-14(8-10-15)21-18(25)13-28-19-16-5-3-4-6-17(16)23(11-12-24)20(26)22-19/h7-10,24H,2-6,11-13H2,1H3,(H,21,25). The molecule has 28 heavy (non-hydrogen) atoms. The van der Waals surface area contributed by atoms with Gasteiger partial charge >= 0.3 is 5.69 Å². The van der Waals surface area contributed by atoms with Crippen molar-refractivity contribution in [1.82, 2.24) is 9.55 Å². The Kier molecular flexibility index (Phi) is 7.11. The van der Waals surface area contributed by atoms with Crippen LogP contribution < -0.4 is 15.7 Å². The zero-order valence-electron chi connectivity index (χ0n) is 15.9. The number of benzene rings is 1. The highest BCUT2D eigenvalue weighted by atomic mass is 32.2. The lowest BCUT2D eigenvalue weighted by Crippen LogP contribution is -2.31. The number of thioether (sulfide) groups is 1. The van der Waals surface area contributed by atoms with Gasteiger partial charge < -0.3 is 15.2 Å². The Bertz CT molecular complexity index is 880. The maximum Gasteiger partial charge on any atom is 0.348 e. The number of nitrogens with one attached hydrogen (secondary N) is 1. The molecule has 1 aliphatic rings. The van der Waals surface area contributed by atoms with E-state index in [4.69, 9.17) is 4.74 Å². The first-order valence-corrected chi connectivity index (χ1v) is 10.5. The van der Waals surface area contributed by atoms with Gasteiger partial charge in [0.2, 0.25) is 5.91 Å². The third kappa shape index (κ3) is 4.94. The fourth-order valence-electron chi connectivity index (χ4n) is 3.33. The molecule has 0 saturated heterocycles. The molecule has 1 heterocycles. The molecule has 7 nitrogen and oxygen atoms in total. The number of carbonyl (C=O) groups excluding carboxylic acids is 1. The van der Waals surface area contributed by atoms with Gasteiger partial charge in [-0.2, -0.15) is 4.98 Å². The maximum absolute atomic E-state index is 12.3. The molecular formula is C20H25N3O4S. The van der Waals surface area contributed by atoms with Gasteiger partial charge in [-0.15, -0.1) is 0 Å². The number of rotatable bonds is 8. The van der Waals surface area contributed by atoms with Crippen molar-refractivity contribution < 1.29 is 14.6 Å². The summed E-state index contributed by atoms with van der Waals surface area (Å²) in [4.78, 5) is 28.8. The lowest BCUT2D eigenvalue weighted by molar-refractivity contribution is -0.113. The Morgan fingerprint density at radius 2 is 2.04 bits per heavy atom. The minimum Gasteiger partial charge on any atom is -0.494 e. The lowest BCUT2D eigenvalue weighted by Gasteiger charge is -2.22. The van der Waals surface area contributed by atoms with E-state index in [9.17, 15) is 14.7 Å². The van der Waals surface area contributed by atoms with Gasteiger partial charge in [0.25, 0.3) is 0 Å². The number of amides is 1. The second-order valence-electron chi connectivity index (χ2n) is 6.50. The highest BCUT2D eigenvalue weighted by Gasteiger charge is 2.20. The fourth-order valence-corrected chi connectivity index (χ4v) is 4.21. The number of hydrogen-bond donors (Lipinski definition) is 2. The average molecular weight is 404 g/mol. The molecule has 0 unspecified atom stereocenters. The first-order chi connectivity index (χ1) is 13.6. The topological polar surface area (TPSA) is 93.5 Å². The van der Waals surface area contributed by atoms with E-state index < -0.39 is 0 Å². The lowest BCUT2D eigenvalue weighted by atomic mass is 9.97. The van der Waals surface area contributed by atoms with E-state index in [2.05, 4.69) is 10.3 Å². The monoisotopic (exact) mass is 403 g/mol. The maximum atomic E-state index is 12.3. The molecule has 2 aromatic rings. The molecule has 1 amide bonds. The highest BCUT2D eigenvalue weighted by Crippen LogP contribution is 2.28. The van der Waals surface area contributed by atoms with Crippen LogP contribution in [0.2, 0.25) is 0 Å². The Labute approximate surface area is 168 Å². The van der Waals surface area contributed by atoms with Crippen LogP contribution in [0.3, 0.4) is 0 Å². The Balaban J connectivity index is 1.67. The number of aromatic nitrogens is 2. The van der Waals surface area contributed by atoms with E-state index in [1.807, 2.05) is 19.1 Å². The summed E-state index contributed by atoms with van der Waals surface area (Å²) in [7, 11) is 0. The summed E-state index contributed by atoms with van der Waals surface area (Å²) in [6, 6.07) is 7.21. The van der Waals surface area contributed by atoms with Gasteiger partial charge in [-0.1, -0.05) is 11.8 Å². The molecule has 0 bridgehead atoms. The van der Waals surface area contributed by atoms with E-state index in [1.165, 1.54) is 11.8 Å². The average Bonchev–Trinajstić information content (AvgIpc) is 2.70. The summed E-state index contributed by atoms with van der Waals surface area (Å²) in [5.74, 6) is 0.782. The van der Waals surface area contributed by atoms with Crippen molar-refractivity contribution in [2.45, 2.75) is 44.2 Å². The number of nitrogens with zero attached hydrogens (tertiary/aromatic N) is 2. The molecule has 1 aromatic heterocycles. The number of fused-ring (bicyclic) bond motifs is 1. The van der Waals surface area contributed by atoms with E-state index in [0.29, 0.717) is 17.3 Å². The molecule has 2 N–H and O–H groups in total. The number of hydrogen-bond acceptors (Lipinski definition) is 6. The van der Waals surface area contributed by atoms with Crippen LogP contribution in [-0.4, -0.2) is 39.5 Å². The van der Waals surface area contributed by atoms with E-state index in [0.717, 1.165) is 42.7 Å². The van der Waals surface area contributed by atoms with Gasteiger partial charge in [0, 0.05) is 16.9 Å². The Hall–Kier alpha value is -2.32. The van der Waals surface area contributed by atoms with Crippen molar-refractivity contribution in [2.75, 3.05) is 24.3 Å². The van der Waals surface area contributed by atoms with Crippen LogP contribution in [-0.2, 0) is 24.2 Å². The van der Waals surface area contributed by atoms with Crippen molar-refractivity contribution in [1.29, 1.82) is 0 Å². The summed E-state index contributed by atoms with van der Waals surface area (Å²) in [6.07, 6.45) is 3.71. The van der Waals surface area contributed by atoms with Crippen molar-refractivity contribution >= 4 is 23.4 Å². The van der Waals surface area contributed by atoms with Gasteiger partial charge in [-0.3, -0.25) is 9.36 Å². The summed E-state index contributed by atoms with van der Waals surface area (Å²) >= 11 is 1.29. The number of aliphatic hydroxyl groups is 1. The smallest absolute Gasteiger partial charge is 0.348 e. The number of anilines is 1. The number of carbonyl (C=O) groups is 1. The molecule has 3 rings (SSSR count). The molecule has 0 atom stereocenters. The zero-order valence-corrected chi connectivity index (χ0v) is 16.8. The summed E-state index contributed by atoms with van der Waals surface area (Å²) in [5.41, 5.74) is 2.33. The summed E-state index contributed by atoms with van der Waals surface area (Å²) < 4.78 is 6.96. The van der Waals surface area contributed by atoms with Crippen LogP contribution in [0.4, 0.5) is 5.69 Å². The van der Waals surface area contributed by atoms with Gasteiger partial charge in [-0.25, -0.2) is 4.79 Å². The molecule has 0 aliphatic heterocycles.